The normalized spacial score (nSPS) is 12.3. The molecule has 0 unspecified atom stereocenters. The molecule has 13 rings (SSSR count). The Labute approximate surface area is 539 Å². The van der Waals surface area contributed by atoms with E-state index in [1.807, 2.05) is 97.1 Å². The zero-order chi connectivity index (χ0) is 64.4. The quantitative estimate of drug-likeness (QED) is 0.112. The molecule has 0 amide bonds. The van der Waals surface area contributed by atoms with Crippen molar-refractivity contribution < 1.29 is 19.1 Å². The fourth-order valence-electron chi connectivity index (χ4n) is 12.3. The van der Waals surface area contributed by atoms with Crippen molar-refractivity contribution in [2.75, 3.05) is 0 Å². The van der Waals surface area contributed by atoms with E-state index in [0.29, 0.717) is 28.6 Å². The van der Waals surface area contributed by atoms with Gasteiger partial charge in [-0.15, -0.1) is 0 Å². The summed E-state index contributed by atoms with van der Waals surface area (Å²) in [5, 5.41) is 3.80. The fraction of sp³-hybridized carbons (Fsp3) is 0.217. The van der Waals surface area contributed by atoms with Crippen LogP contribution in [0.15, 0.2) is 224 Å². The molecule has 92 heavy (non-hydrogen) atoms. The van der Waals surface area contributed by atoms with Crippen molar-refractivity contribution in [2.45, 2.75) is 118 Å². The maximum atomic E-state index is 14.2. The predicted molar refractivity (Wildman–Crippen MR) is 376 cm³/mol. The lowest BCUT2D eigenvalue weighted by Crippen LogP contribution is -2.17. The Hall–Kier alpha value is -10.3. The average molecular weight is 1210 g/mol. The van der Waals surface area contributed by atoms with E-state index in [1.165, 1.54) is 22.3 Å². The van der Waals surface area contributed by atoms with Gasteiger partial charge in [0, 0.05) is 49.4 Å². The topological polar surface area (TPSA) is 101 Å². The molecule has 458 valence electrons. The number of esters is 2. The second-order valence-corrected chi connectivity index (χ2v) is 28.4. The number of nitrogens with zero attached hydrogens (tertiary/aromatic N) is 5. The van der Waals surface area contributed by atoms with E-state index in [0.717, 1.165) is 93.9 Å². The third-order valence-corrected chi connectivity index (χ3v) is 17.7. The van der Waals surface area contributed by atoms with Gasteiger partial charge in [-0.2, -0.15) is 0 Å². The predicted octanol–water partition coefficient (Wildman–Crippen LogP) is 20.6. The lowest BCUT2D eigenvalue weighted by Gasteiger charge is -2.26. The number of aromatic nitrogens is 5. The molecular formula is C83H77N5O4. The van der Waals surface area contributed by atoms with Crippen LogP contribution in [0.3, 0.4) is 0 Å². The number of carbonyl (C=O) groups is 2. The smallest absolute Gasteiger partial charge is 0.338 e. The summed E-state index contributed by atoms with van der Waals surface area (Å²) in [5.41, 5.74) is 16.6. The molecule has 0 fully saturated rings. The van der Waals surface area contributed by atoms with E-state index in [9.17, 15) is 9.59 Å². The van der Waals surface area contributed by atoms with Gasteiger partial charge in [-0.1, -0.05) is 210 Å². The molecule has 0 spiro atoms. The van der Waals surface area contributed by atoms with E-state index >= 15 is 0 Å². The van der Waals surface area contributed by atoms with E-state index < -0.39 is 11.9 Å². The molecule has 3 heterocycles. The third kappa shape index (κ3) is 11.9. The Balaban J connectivity index is 1.08. The summed E-state index contributed by atoms with van der Waals surface area (Å²) in [7, 11) is 0. The van der Waals surface area contributed by atoms with Gasteiger partial charge < -0.3 is 18.6 Å². The first-order chi connectivity index (χ1) is 43.9. The van der Waals surface area contributed by atoms with Crippen LogP contribution in [0.25, 0.3) is 100 Å². The van der Waals surface area contributed by atoms with Crippen LogP contribution in [0.1, 0.15) is 137 Å². The Morgan fingerprint density at radius 3 is 1.11 bits per heavy atom. The minimum Gasteiger partial charge on any atom is -0.457 e. The highest BCUT2D eigenvalue weighted by molar-refractivity contribution is 6.14. The molecule has 0 N–H and O–H groups in total. The minimum absolute atomic E-state index is 0.116. The van der Waals surface area contributed by atoms with Crippen molar-refractivity contribution in [1.29, 1.82) is 0 Å². The molecule has 0 radical (unpaired) electrons. The van der Waals surface area contributed by atoms with E-state index in [2.05, 4.69) is 220 Å². The number of benzene rings is 10. The highest BCUT2D eigenvalue weighted by Crippen LogP contribution is 2.44. The maximum Gasteiger partial charge on any atom is 0.338 e. The summed E-state index contributed by atoms with van der Waals surface area (Å²) in [6.07, 6.45) is 0. The van der Waals surface area contributed by atoms with Crippen LogP contribution in [0.4, 0.5) is 0 Å². The molecule has 10 aromatic carbocycles. The molecule has 0 saturated heterocycles. The second-order valence-electron chi connectivity index (χ2n) is 28.4. The molecule has 0 aliphatic carbocycles. The number of fused-ring (bicyclic) bond motifs is 6. The Morgan fingerprint density at radius 1 is 0.326 bits per heavy atom. The number of carbonyl (C=O) groups excluding carboxylic acids is 2. The number of rotatable bonds is 12. The van der Waals surface area contributed by atoms with Gasteiger partial charge in [-0.3, -0.25) is 0 Å². The molecular weight excluding hydrogens is 1130 g/mol. The SMILES string of the molecule is CC(C)(C)c1cc(-c2nc(-c3cc(C(C)(C)C)cc(C(C)(C)C)c3)nc(-c3ccc(-n4c5ccc(C(=O)OCc6ccccc6)cc5c5cc(C(=O)OCc6ccccc6)ccc54)c(-c4ccccc4-n4c5ccccc5c5ccccc54)c3)n2)cc(C(C)(C)C)c1. The van der Waals surface area contributed by atoms with Crippen LogP contribution in [0.5, 0.6) is 0 Å². The summed E-state index contributed by atoms with van der Waals surface area (Å²) >= 11 is 0. The van der Waals surface area contributed by atoms with Crippen molar-refractivity contribution in [1.82, 2.24) is 24.1 Å². The monoisotopic (exact) mass is 1210 g/mol. The van der Waals surface area contributed by atoms with Gasteiger partial charge in [0.05, 0.1) is 44.6 Å². The molecule has 9 nitrogen and oxygen atoms in total. The van der Waals surface area contributed by atoms with Crippen LogP contribution in [-0.4, -0.2) is 36.0 Å². The number of para-hydroxylation sites is 3. The van der Waals surface area contributed by atoms with Crippen molar-refractivity contribution >= 4 is 55.6 Å². The van der Waals surface area contributed by atoms with Crippen LogP contribution < -0.4 is 0 Å². The fourth-order valence-corrected chi connectivity index (χ4v) is 12.3. The van der Waals surface area contributed by atoms with Crippen molar-refractivity contribution in [3.8, 4) is 56.7 Å². The van der Waals surface area contributed by atoms with Gasteiger partial charge >= 0.3 is 11.9 Å². The Morgan fingerprint density at radius 2 is 0.685 bits per heavy atom. The molecule has 0 aliphatic heterocycles. The van der Waals surface area contributed by atoms with Crippen molar-refractivity contribution in [3.05, 3.63) is 269 Å². The third-order valence-electron chi connectivity index (χ3n) is 17.7. The summed E-state index contributed by atoms with van der Waals surface area (Å²) in [5.74, 6) is 0.750. The summed E-state index contributed by atoms with van der Waals surface area (Å²) in [6, 6.07) is 76.7. The molecule has 13 aromatic rings. The molecule has 0 saturated carbocycles. The van der Waals surface area contributed by atoms with Crippen LogP contribution in [0, 0.1) is 0 Å². The molecule has 0 bridgehead atoms. The maximum absolute atomic E-state index is 14.2. The van der Waals surface area contributed by atoms with Gasteiger partial charge in [0.15, 0.2) is 17.5 Å². The minimum atomic E-state index is -0.462. The zero-order valence-electron chi connectivity index (χ0n) is 54.6. The molecule has 3 aromatic heterocycles. The lowest BCUT2D eigenvalue weighted by atomic mass is 9.79. The van der Waals surface area contributed by atoms with E-state index in [1.54, 1.807) is 0 Å². The number of hydrogen-bond donors (Lipinski definition) is 0. The first kappa shape index (κ1) is 60.6. The zero-order valence-corrected chi connectivity index (χ0v) is 54.6. The van der Waals surface area contributed by atoms with E-state index in [4.69, 9.17) is 24.4 Å². The highest BCUT2D eigenvalue weighted by Gasteiger charge is 2.28. The van der Waals surface area contributed by atoms with Crippen molar-refractivity contribution in [2.24, 2.45) is 0 Å². The average Bonchev–Trinajstić information content (AvgIpc) is 1.54. The first-order valence-corrected chi connectivity index (χ1v) is 31.8. The van der Waals surface area contributed by atoms with Crippen LogP contribution in [-0.2, 0) is 44.3 Å². The summed E-state index contributed by atoms with van der Waals surface area (Å²) in [4.78, 5) is 45.0. The first-order valence-electron chi connectivity index (χ1n) is 31.8. The highest BCUT2D eigenvalue weighted by atomic mass is 16.5. The van der Waals surface area contributed by atoms with Crippen molar-refractivity contribution in [3.63, 3.8) is 0 Å². The van der Waals surface area contributed by atoms with Gasteiger partial charge in [-0.25, -0.2) is 24.5 Å². The van der Waals surface area contributed by atoms with Gasteiger partial charge in [-0.05, 0) is 152 Å². The van der Waals surface area contributed by atoms with Gasteiger partial charge in [0.2, 0.25) is 0 Å². The van der Waals surface area contributed by atoms with Gasteiger partial charge in [0.25, 0.3) is 0 Å². The summed E-state index contributed by atoms with van der Waals surface area (Å²) < 4.78 is 16.5. The van der Waals surface area contributed by atoms with E-state index in [-0.39, 0.29) is 34.9 Å². The Bertz CT molecular complexity index is 4680. The van der Waals surface area contributed by atoms with Crippen LogP contribution in [0.2, 0.25) is 0 Å². The van der Waals surface area contributed by atoms with Crippen LogP contribution >= 0.6 is 0 Å². The summed E-state index contributed by atoms with van der Waals surface area (Å²) in [6.45, 7) is 27.3. The standard InChI is InChI=1S/C83H77N5O4/c1-80(2,3)59-41-57(42-60(48-59)81(4,5)6)76-84-75(85-77(86-76)58-43-61(82(7,8)9)49-62(44-58)83(10,11)12)54-35-38-72(66(45-54)65-31-21-24-34-71(65)87-69-32-22-19-29-63(69)64-30-20-23-33-70(64)87)88-73-39-36-55(78(89)91-50-52-25-15-13-16-26-52)46-67(73)68-47-56(37-40-74(68)88)79(90)92-51-53-27-17-14-18-28-53/h13-49H,50-51H2,1-12H3. The molecule has 0 atom stereocenters. The molecule has 0 aliphatic rings. The number of ether oxygens (including phenoxy) is 2. The molecule has 9 heteroatoms. The number of hydrogen-bond acceptors (Lipinski definition) is 7. The van der Waals surface area contributed by atoms with Gasteiger partial charge in [0.1, 0.15) is 13.2 Å². The Kier molecular flexibility index (Phi) is 15.5. The largest absolute Gasteiger partial charge is 0.457 e. The lowest BCUT2D eigenvalue weighted by molar-refractivity contribution is 0.0464. The second kappa shape index (κ2) is 23.5.